The molecule has 0 atom stereocenters. The highest BCUT2D eigenvalue weighted by molar-refractivity contribution is 7.09. The van der Waals surface area contributed by atoms with E-state index in [4.69, 9.17) is 5.73 Å². The van der Waals surface area contributed by atoms with Gasteiger partial charge in [0.05, 0.1) is 11.0 Å². The van der Waals surface area contributed by atoms with Gasteiger partial charge >= 0.3 is 0 Å². The summed E-state index contributed by atoms with van der Waals surface area (Å²) in [5, 5.41) is 2.94. The monoisotopic (exact) mass is 244 g/mol. The molecule has 0 unspecified atom stereocenters. The van der Waals surface area contributed by atoms with Crippen LogP contribution in [0.15, 0.2) is 29.6 Å². The largest absolute Gasteiger partial charge is 0.326 e. The van der Waals surface area contributed by atoms with Crippen LogP contribution in [0.2, 0.25) is 0 Å². The molecule has 3 aromatic rings. The van der Waals surface area contributed by atoms with Crippen molar-refractivity contribution in [3.05, 3.63) is 34.7 Å². The zero-order valence-electron chi connectivity index (χ0n) is 9.42. The molecule has 0 amide bonds. The van der Waals surface area contributed by atoms with E-state index >= 15 is 0 Å². The first kappa shape index (κ1) is 10.4. The Balaban J connectivity index is 2.20. The molecule has 1 aromatic carbocycles. The number of hydrogen-bond acceptors (Lipinski definition) is 4. The van der Waals surface area contributed by atoms with Gasteiger partial charge in [-0.2, -0.15) is 0 Å². The van der Waals surface area contributed by atoms with E-state index in [0.29, 0.717) is 6.54 Å². The Morgan fingerprint density at radius 1 is 1.29 bits per heavy atom. The second-order valence-corrected chi connectivity index (χ2v) is 4.76. The SMILES string of the molecule is Cn1c(-c2csc(CN)n2)nc2ccccc21. The summed E-state index contributed by atoms with van der Waals surface area (Å²) in [4.78, 5) is 9.06. The van der Waals surface area contributed by atoms with E-state index in [9.17, 15) is 0 Å². The van der Waals surface area contributed by atoms with E-state index in [-0.39, 0.29) is 0 Å². The van der Waals surface area contributed by atoms with Crippen LogP contribution in [-0.2, 0) is 13.6 Å². The van der Waals surface area contributed by atoms with Crippen molar-refractivity contribution in [1.29, 1.82) is 0 Å². The number of rotatable bonds is 2. The maximum absolute atomic E-state index is 5.58. The van der Waals surface area contributed by atoms with Crippen molar-refractivity contribution in [3.63, 3.8) is 0 Å². The lowest BCUT2D eigenvalue weighted by molar-refractivity contribution is 0.946. The van der Waals surface area contributed by atoms with E-state index in [1.54, 1.807) is 11.3 Å². The van der Waals surface area contributed by atoms with Gasteiger partial charge in [0.1, 0.15) is 10.7 Å². The van der Waals surface area contributed by atoms with Crippen LogP contribution in [0.1, 0.15) is 5.01 Å². The van der Waals surface area contributed by atoms with Crippen molar-refractivity contribution in [1.82, 2.24) is 14.5 Å². The number of imidazole rings is 1. The summed E-state index contributed by atoms with van der Waals surface area (Å²) in [6.07, 6.45) is 0. The molecule has 0 aliphatic rings. The summed E-state index contributed by atoms with van der Waals surface area (Å²) in [5.74, 6) is 0.891. The molecule has 0 spiro atoms. The predicted molar refractivity (Wildman–Crippen MR) is 69.7 cm³/mol. The maximum Gasteiger partial charge on any atom is 0.160 e. The molecular weight excluding hydrogens is 232 g/mol. The standard InChI is InChI=1S/C12H12N4S/c1-16-10-5-3-2-4-8(10)15-12(16)9-7-17-11(6-13)14-9/h2-5,7H,6,13H2,1H3. The minimum atomic E-state index is 0.481. The average molecular weight is 244 g/mol. The Kier molecular flexibility index (Phi) is 2.42. The minimum absolute atomic E-state index is 0.481. The molecule has 2 aromatic heterocycles. The molecule has 3 rings (SSSR count). The number of benzene rings is 1. The van der Waals surface area contributed by atoms with E-state index in [2.05, 4.69) is 20.6 Å². The topological polar surface area (TPSA) is 56.7 Å². The van der Waals surface area contributed by atoms with Gasteiger partial charge < -0.3 is 10.3 Å². The van der Waals surface area contributed by atoms with Gasteiger partial charge in [-0.1, -0.05) is 12.1 Å². The number of nitrogens with zero attached hydrogens (tertiary/aromatic N) is 3. The van der Waals surface area contributed by atoms with Crippen LogP contribution in [-0.4, -0.2) is 14.5 Å². The van der Waals surface area contributed by atoms with Gasteiger partial charge in [-0.25, -0.2) is 9.97 Å². The third-order valence-corrected chi connectivity index (χ3v) is 3.61. The third-order valence-electron chi connectivity index (χ3n) is 2.74. The van der Waals surface area contributed by atoms with Crippen LogP contribution < -0.4 is 5.73 Å². The van der Waals surface area contributed by atoms with Gasteiger partial charge in [-0.3, -0.25) is 0 Å². The fourth-order valence-electron chi connectivity index (χ4n) is 1.88. The molecule has 0 saturated heterocycles. The van der Waals surface area contributed by atoms with Crippen LogP contribution >= 0.6 is 11.3 Å². The molecule has 17 heavy (non-hydrogen) atoms. The number of aromatic nitrogens is 3. The lowest BCUT2D eigenvalue weighted by Crippen LogP contribution is -1.96. The normalized spacial score (nSPS) is 11.2. The highest BCUT2D eigenvalue weighted by Gasteiger charge is 2.11. The molecule has 0 saturated carbocycles. The minimum Gasteiger partial charge on any atom is -0.326 e. The first-order valence-electron chi connectivity index (χ1n) is 5.36. The summed E-state index contributed by atoms with van der Waals surface area (Å²) in [5.41, 5.74) is 8.58. The van der Waals surface area contributed by atoms with Crippen molar-refractivity contribution >= 4 is 22.4 Å². The van der Waals surface area contributed by atoms with Gasteiger partial charge in [0.15, 0.2) is 5.82 Å². The lowest BCUT2D eigenvalue weighted by Gasteiger charge is -1.97. The number of hydrogen-bond donors (Lipinski definition) is 1. The summed E-state index contributed by atoms with van der Waals surface area (Å²) >= 11 is 1.57. The molecule has 4 nitrogen and oxygen atoms in total. The van der Waals surface area contributed by atoms with Gasteiger partial charge in [-0.15, -0.1) is 11.3 Å². The van der Waals surface area contributed by atoms with E-state index < -0.39 is 0 Å². The molecule has 0 bridgehead atoms. The molecule has 0 aliphatic carbocycles. The molecule has 5 heteroatoms. The van der Waals surface area contributed by atoms with Gasteiger partial charge in [0, 0.05) is 19.0 Å². The van der Waals surface area contributed by atoms with Crippen molar-refractivity contribution in [2.24, 2.45) is 12.8 Å². The Morgan fingerprint density at radius 3 is 2.82 bits per heavy atom. The second kappa shape index (κ2) is 3.94. The number of nitrogens with two attached hydrogens (primary N) is 1. The third kappa shape index (κ3) is 1.64. The Hall–Kier alpha value is -1.72. The molecule has 0 aliphatic heterocycles. The summed E-state index contributed by atoms with van der Waals surface area (Å²) in [6, 6.07) is 8.07. The molecule has 0 radical (unpaired) electrons. The molecule has 2 N–H and O–H groups in total. The van der Waals surface area contributed by atoms with Crippen LogP contribution in [0.5, 0.6) is 0 Å². The zero-order valence-corrected chi connectivity index (χ0v) is 10.2. The first-order valence-corrected chi connectivity index (χ1v) is 6.24. The average Bonchev–Trinajstić information content (AvgIpc) is 2.95. The van der Waals surface area contributed by atoms with E-state index in [1.165, 1.54) is 0 Å². The van der Waals surface area contributed by atoms with Crippen LogP contribution in [0.4, 0.5) is 0 Å². The van der Waals surface area contributed by atoms with Gasteiger partial charge in [-0.05, 0) is 12.1 Å². The van der Waals surface area contributed by atoms with Crippen molar-refractivity contribution in [2.45, 2.75) is 6.54 Å². The fourth-order valence-corrected chi connectivity index (χ4v) is 2.54. The first-order chi connectivity index (χ1) is 8.29. The lowest BCUT2D eigenvalue weighted by atomic mass is 10.3. The van der Waals surface area contributed by atoms with Gasteiger partial charge in [0.25, 0.3) is 0 Å². The van der Waals surface area contributed by atoms with E-state index in [1.807, 2.05) is 30.6 Å². The van der Waals surface area contributed by atoms with Crippen LogP contribution in [0, 0.1) is 0 Å². The molecule has 86 valence electrons. The van der Waals surface area contributed by atoms with E-state index in [0.717, 1.165) is 27.6 Å². The van der Waals surface area contributed by atoms with Crippen LogP contribution in [0.25, 0.3) is 22.6 Å². The summed E-state index contributed by atoms with van der Waals surface area (Å²) in [7, 11) is 2.01. The van der Waals surface area contributed by atoms with Crippen LogP contribution in [0.3, 0.4) is 0 Å². The number of thiazole rings is 1. The van der Waals surface area contributed by atoms with Crippen molar-refractivity contribution in [2.75, 3.05) is 0 Å². The summed E-state index contributed by atoms with van der Waals surface area (Å²) < 4.78 is 2.06. The second-order valence-electron chi connectivity index (χ2n) is 3.81. The summed E-state index contributed by atoms with van der Waals surface area (Å²) in [6.45, 7) is 0.481. The smallest absolute Gasteiger partial charge is 0.160 e. The maximum atomic E-state index is 5.58. The molecule has 0 fully saturated rings. The molecule has 2 heterocycles. The number of para-hydroxylation sites is 2. The quantitative estimate of drug-likeness (QED) is 0.751. The fraction of sp³-hybridized carbons (Fsp3) is 0.167. The Labute approximate surface area is 103 Å². The number of aryl methyl sites for hydroxylation is 1. The highest BCUT2D eigenvalue weighted by atomic mass is 32.1. The Morgan fingerprint density at radius 2 is 2.12 bits per heavy atom. The predicted octanol–water partition coefficient (Wildman–Crippen LogP) is 2.16. The van der Waals surface area contributed by atoms with Crippen molar-refractivity contribution < 1.29 is 0 Å². The van der Waals surface area contributed by atoms with Gasteiger partial charge in [0.2, 0.25) is 0 Å². The highest BCUT2D eigenvalue weighted by Crippen LogP contribution is 2.24. The zero-order chi connectivity index (χ0) is 11.8. The Bertz CT molecular complexity index is 668. The molecular formula is C12H12N4S. The van der Waals surface area contributed by atoms with Crippen molar-refractivity contribution in [3.8, 4) is 11.5 Å². The number of fused-ring (bicyclic) bond motifs is 1.